The molecule has 0 bridgehead atoms. The second-order valence-electron chi connectivity index (χ2n) is 5.22. The average Bonchev–Trinajstić information content (AvgIpc) is 2.48. The molecule has 2 heteroatoms. The predicted octanol–water partition coefficient (Wildman–Crippen LogP) is 3.88. The van der Waals surface area contributed by atoms with Gasteiger partial charge in [0.05, 0.1) is 10.7 Å². The van der Waals surface area contributed by atoms with E-state index in [1.165, 1.54) is 30.0 Å². The molecule has 0 N–H and O–H groups in total. The first kappa shape index (κ1) is 10.2. The van der Waals surface area contributed by atoms with Gasteiger partial charge in [-0.25, -0.2) is 4.98 Å². The number of aromatic nitrogens is 1. The van der Waals surface area contributed by atoms with Crippen LogP contribution in [0.15, 0.2) is 0 Å². The van der Waals surface area contributed by atoms with Crippen molar-refractivity contribution in [1.29, 1.82) is 0 Å². The van der Waals surface area contributed by atoms with Gasteiger partial charge in [0.25, 0.3) is 0 Å². The Balaban J connectivity index is 2.44. The Morgan fingerprint density at radius 1 is 1.36 bits per heavy atom. The number of rotatable bonds is 1. The zero-order chi connectivity index (χ0) is 10.3. The first-order valence-corrected chi connectivity index (χ1v) is 6.32. The average molecular weight is 209 g/mol. The van der Waals surface area contributed by atoms with Crippen molar-refractivity contribution in [1.82, 2.24) is 4.98 Å². The van der Waals surface area contributed by atoms with Crippen molar-refractivity contribution in [2.24, 2.45) is 0 Å². The van der Waals surface area contributed by atoms with Crippen LogP contribution < -0.4 is 0 Å². The minimum absolute atomic E-state index is 0.317. The van der Waals surface area contributed by atoms with Crippen LogP contribution in [-0.4, -0.2) is 4.98 Å². The van der Waals surface area contributed by atoms with E-state index in [4.69, 9.17) is 4.98 Å². The van der Waals surface area contributed by atoms with Gasteiger partial charge in [0, 0.05) is 16.2 Å². The normalized spacial score (nSPS) is 19.8. The van der Waals surface area contributed by atoms with E-state index in [1.807, 2.05) is 11.3 Å². The molecule has 0 saturated heterocycles. The summed E-state index contributed by atoms with van der Waals surface area (Å²) in [4.78, 5) is 6.37. The molecule has 0 unspecified atom stereocenters. The van der Waals surface area contributed by atoms with Crippen molar-refractivity contribution in [3.8, 4) is 0 Å². The van der Waals surface area contributed by atoms with Crippen molar-refractivity contribution in [2.45, 2.75) is 58.3 Å². The summed E-state index contributed by atoms with van der Waals surface area (Å²) in [7, 11) is 0. The molecule has 0 atom stereocenters. The van der Waals surface area contributed by atoms with Gasteiger partial charge in [-0.2, -0.15) is 0 Å². The minimum Gasteiger partial charge on any atom is -0.245 e. The van der Waals surface area contributed by atoms with Crippen molar-refractivity contribution in [3.63, 3.8) is 0 Å². The lowest BCUT2D eigenvalue weighted by atomic mass is 9.79. The third kappa shape index (κ3) is 1.60. The molecule has 1 aromatic rings. The van der Waals surface area contributed by atoms with Crippen LogP contribution in [0.1, 0.15) is 62.0 Å². The summed E-state index contributed by atoms with van der Waals surface area (Å²) in [5.74, 6) is 0.585. The number of hydrogen-bond donors (Lipinski definition) is 0. The fourth-order valence-electron chi connectivity index (χ4n) is 2.12. The largest absolute Gasteiger partial charge is 0.245 e. The Hall–Kier alpha value is -0.370. The van der Waals surface area contributed by atoms with Crippen LogP contribution in [0.5, 0.6) is 0 Å². The zero-order valence-electron chi connectivity index (χ0n) is 9.55. The van der Waals surface area contributed by atoms with Gasteiger partial charge in [0.15, 0.2) is 0 Å². The van der Waals surface area contributed by atoms with Gasteiger partial charge >= 0.3 is 0 Å². The number of fused-ring (bicyclic) bond motifs is 1. The molecule has 78 valence electrons. The van der Waals surface area contributed by atoms with Gasteiger partial charge in [0.1, 0.15) is 0 Å². The Morgan fingerprint density at radius 2 is 2.07 bits per heavy atom. The lowest BCUT2D eigenvalue weighted by molar-refractivity contribution is 0.423. The molecule has 0 saturated carbocycles. The molecule has 1 aromatic heterocycles. The highest BCUT2D eigenvalue weighted by atomic mass is 32.1. The highest BCUT2D eigenvalue weighted by Gasteiger charge is 2.31. The van der Waals surface area contributed by atoms with E-state index in [-0.39, 0.29) is 0 Å². The van der Waals surface area contributed by atoms with Crippen LogP contribution in [0, 0.1) is 0 Å². The second kappa shape index (κ2) is 3.34. The molecule has 14 heavy (non-hydrogen) atoms. The maximum Gasteiger partial charge on any atom is 0.0956 e. The summed E-state index contributed by atoms with van der Waals surface area (Å²) >= 11 is 1.93. The highest BCUT2D eigenvalue weighted by Crippen LogP contribution is 2.40. The topological polar surface area (TPSA) is 12.9 Å². The van der Waals surface area contributed by atoms with Crippen LogP contribution in [-0.2, 0) is 11.8 Å². The maximum atomic E-state index is 4.82. The van der Waals surface area contributed by atoms with E-state index in [2.05, 4.69) is 27.7 Å². The van der Waals surface area contributed by atoms with Gasteiger partial charge in [-0.3, -0.25) is 0 Å². The molecule has 0 fully saturated rings. The van der Waals surface area contributed by atoms with Crippen molar-refractivity contribution >= 4 is 11.3 Å². The lowest BCUT2D eigenvalue weighted by Crippen LogP contribution is -2.23. The van der Waals surface area contributed by atoms with Crippen molar-refractivity contribution < 1.29 is 0 Å². The summed E-state index contributed by atoms with van der Waals surface area (Å²) < 4.78 is 0. The first-order valence-electron chi connectivity index (χ1n) is 5.51. The molecule has 2 rings (SSSR count). The number of hydrogen-bond acceptors (Lipinski definition) is 2. The van der Waals surface area contributed by atoms with E-state index in [0.717, 1.165) is 0 Å². The lowest BCUT2D eigenvalue weighted by Gasteiger charge is -2.28. The maximum absolute atomic E-state index is 4.82. The van der Waals surface area contributed by atoms with Crippen molar-refractivity contribution in [3.05, 3.63) is 15.6 Å². The second-order valence-corrected chi connectivity index (χ2v) is 6.33. The Morgan fingerprint density at radius 3 is 2.64 bits per heavy atom. The molecule has 0 aliphatic heterocycles. The molecule has 1 aliphatic carbocycles. The molecule has 0 spiro atoms. The minimum atomic E-state index is 0.317. The van der Waals surface area contributed by atoms with Gasteiger partial charge in [0.2, 0.25) is 0 Å². The van der Waals surface area contributed by atoms with E-state index >= 15 is 0 Å². The first-order chi connectivity index (χ1) is 6.50. The third-order valence-electron chi connectivity index (χ3n) is 3.05. The number of nitrogens with zero attached hydrogens (tertiary/aromatic N) is 1. The van der Waals surface area contributed by atoms with Crippen LogP contribution in [0.2, 0.25) is 0 Å². The van der Waals surface area contributed by atoms with Crippen molar-refractivity contribution in [2.75, 3.05) is 0 Å². The molecule has 1 aliphatic rings. The van der Waals surface area contributed by atoms with Crippen LogP contribution in [0.25, 0.3) is 0 Å². The van der Waals surface area contributed by atoms with Crippen LogP contribution in [0.4, 0.5) is 0 Å². The van der Waals surface area contributed by atoms with Crippen LogP contribution >= 0.6 is 11.3 Å². The summed E-state index contributed by atoms with van der Waals surface area (Å²) in [5.41, 5.74) is 1.70. The smallest absolute Gasteiger partial charge is 0.0956 e. The quantitative estimate of drug-likeness (QED) is 0.684. The van der Waals surface area contributed by atoms with Crippen LogP contribution in [0.3, 0.4) is 0 Å². The van der Waals surface area contributed by atoms with Gasteiger partial charge in [-0.05, 0) is 19.3 Å². The molecule has 0 radical (unpaired) electrons. The Bertz CT molecular complexity index is 336. The summed E-state index contributed by atoms with van der Waals surface area (Å²) in [6, 6.07) is 0. The zero-order valence-corrected chi connectivity index (χ0v) is 10.4. The van der Waals surface area contributed by atoms with Gasteiger partial charge in [-0.1, -0.05) is 27.7 Å². The number of thiazole rings is 1. The van der Waals surface area contributed by atoms with Gasteiger partial charge < -0.3 is 0 Å². The van der Waals surface area contributed by atoms with Gasteiger partial charge in [-0.15, -0.1) is 11.3 Å². The standard InChI is InChI=1S/C12H19NS/c1-8(2)11-13-10-9(14-11)6-5-7-12(10,3)4/h8H,5-7H2,1-4H3. The highest BCUT2D eigenvalue weighted by molar-refractivity contribution is 7.11. The summed E-state index contributed by atoms with van der Waals surface area (Å²) in [6.07, 6.45) is 3.88. The molecule has 0 amide bonds. The molecule has 1 nitrogen and oxygen atoms in total. The molecular formula is C12H19NS. The van der Waals surface area contributed by atoms with E-state index in [0.29, 0.717) is 11.3 Å². The number of aryl methyl sites for hydroxylation is 1. The summed E-state index contributed by atoms with van der Waals surface area (Å²) in [6.45, 7) is 9.12. The molecule has 1 heterocycles. The SMILES string of the molecule is CC(C)c1nc2c(s1)CCCC2(C)C. The fourth-order valence-corrected chi connectivity index (χ4v) is 3.41. The molecular weight excluding hydrogens is 190 g/mol. The Labute approximate surface area is 90.6 Å². The van der Waals surface area contributed by atoms with E-state index in [1.54, 1.807) is 4.88 Å². The fraction of sp³-hybridized carbons (Fsp3) is 0.750. The van der Waals surface area contributed by atoms with E-state index in [9.17, 15) is 0 Å². The van der Waals surface area contributed by atoms with E-state index < -0.39 is 0 Å². The Kier molecular flexibility index (Phi) is 2.42. The monoisotopic (exact) mass is 209 g/mol. The summed E-state index contributed by atoms with van der Waals surface area (Å²) in [5, 5.41) is 1.32. The molecule has 0 aromatic carbocycles. The predicted molar refractivity (Wildman–Crippen MR) is 62.2 cm³/mol. The third-order valence-corrected chi connectivity index (χ3v) is 4.47.